The first-order valence-corrected chi connectivity index (χ1v) is 9.18. The first-order valence-electron chi connectivity index (χ1n) is 8.39. The Balaban J connectivity index is 1.64. The summed E-state index contributed by atoms with van der Waals surface area (Å²) in [6.45, 7) is 4.46. The molecule has 0 spiro atoms. The quantitative estimate of drug-likeness (QED) is 0.746. The van der Waals surface area contributed by atoms with Gasteiger partial charge in [-0.05, 0) is 58.5 Å². The molecule has 0 atom stereocenters. The van der Waals surface area contributed by atoms with Crippen LogP contribution in [-0.2, 0) is 6.61 Å². The minimum Gasteiger partial charge on any atom is -0.488 e. The molecule has 2 aromatic rings. The third-order valence-corrected chi connectivity index (χ3v) is 5.11. The van der Waals surface area contributed by atoms with Gasteiger partial charge in [0.15, 0.2) is 0 Å². The summed E-state index contributed by atoms with van der Waals surface area (Å²) in [5.41, 5.74) is 1.83. The lowest BCUT2D eigenvalue weighted by Crippen LogP contribution is -2.37. The van der Waals surface area contributed by atoms with E-state index in [0.29, 0.717) is 12.2 Å². The van der Waals surface area contributed by atoms with Gasteiger partial charge in [0.1, 0.15) is 12.4 Å². The highest BCUT2D eigenvalue weighted by Gasteiger charge is 2.21. The van der Waals surface area contributed by atoms with Crippen molar-refractivity contribution in [2.75, 3.05) is 13.1 Å². The predicted molar refractivity (Wildman–Crippen MR) is 99.2 cm³/mol. The summed E-state index contributed by atoms with van der Waals surface area (Å²) in [5.74, 6) is 1.58. The van der Waals surface area contributed by atoms with E-state index in [-0.39, 0.29) is 5.91 Å². The van der Waals surface area contributed by atoms with Gasteiger partial charge >= 0.3 is 0 Å². The second kappa shape index (κ2) is 7.84. The number of carbonyl (C=O) groups excluding carboxylic acids is 1. The lowest BCUT2D eigenvalue weighted by atomic mass is 9.98. The molecule has 1 fully saturated rings. The largest absolute Gasteiger partial charge is 0.488 e. The SMILES string of the molecule is CC1CCN(C(=O)c2ccc(OCc3ccccc3)c(Br)c2)CC1. The molecule has 0 saturated carbocycles. The molecule has 3 rings (SSSR count). The number of nitrogens with zero attached hydrogens (tertiary/aromatic N) is 1. The standard InChI is InChI=1S/C20H22BrNO2/c1-15-9-11-22(12-10-15)20(23)17-7-8-19(18(21)13-17)24-14-16-5-3-2-4-6-16/h2-8,13,15H,9-12,14H2,1H3. The number of carbonyl (C=O) groups is 1. The van der Waals surface area contributed by atoms with Gasteiger partial charge in [0.2, 0.25) is 0 Å². The van der Waals surface area contributed by atoms with Crippen molar-refractivity contribution in [3.8, 4) is 5.75 Å². The Morgan fingerprint density at radius 2 is 1.88 bits per heavy atom. The van der Waals surface area contributed by atoms with E-state index in [1.54, 1.807) is 0 Å². The molecule has 1 aliphatic heterocycles. The molecule has 2 aromatic carbocycles. The van der Waals surface area contributed by atoms with Gasteiger partial charge in [-0.15, -0.1) is 0 Å². The zero-order valence-electron chi connectivity index (χ0n) is 13.9. The molecule has 0 unspecified atom stereocenters. The lowest BCUT2D eigenvalue weighted by Gasteiger charge is -2.30. The van der Waals surface area contributed by atoms with Gasteiger partial charge in [0.25, 0.3) is 5.91 Å². The van der Waals surface area contributed by atoms with Gasteiger partial charge in [-0.2, -0.15) is 0 Å². The molecule has 1 aliphatic rings. The molecule has 0 aromatic heterocycles. The Morgan fingerprint density at radius 1 is 1.17 bits per heavy atom. The molecule has 1 heterocycles. The molecule has 24 heavy (non-hydrogen) atoms. The minimum atomic E-state index is 0.109. The number of halogens is 1. The smallest absolute Gasteiger partial charge is 0.253 e. The van der Waals surface area contributed by atoms with Gasteiger partial charge in [0.05, 0.1) is 4.47 Å². The fraction of sp³-hybridized carbons (Fsp3) is 0.350. The monoisotopic (exact) mass is 387 g/mol. The van der Waals surface area contributed by atoms with E-state index in [0.717, 1.165) is 47.6 Å². The maximum Gasteiger partial charge on any atom is 0.253 e. The number of benzene rings is 2. The fourth-order valence-corrected chi connectivity index (χ4v) is 3.37. The zero-order chi connectivity index (χ0) is 16.9. The number of hydrogen-bond donors (Lipinski definition) is 0. The van der Waals surface area contributed by atoms with Crippen LogP contribution in [-0.4, -0.2) is 23.9 Å². The van der Waals surface area contributed by atoms with Crippen molar-refractivity contribution in [1.29, 1.82) is 0 Å². The molecule has 0 N–H and O–H groups in total. The Bertz CT molecular complexity index is 694. The van der Waals surface area contributed by atoms with E-state index in [2.05, 4.69) is 22.9 Å². The van der Waals surface area contributed by atoms with Gasteiger partial charge in [-0.1, -0.05) is 37.3 Å². The van der Waals surface area contributed by atoms with E-state index in [4.69, 9.17) is 4.74 Å². The number of piperidine rings is 1. The van der Waals surface area contributed by atoms with Crippen LogP contribution in [0.5, 0.6) is 5.75 Å². The van der Waals surface area contributed by atoms with Crippen LogP contribution in [0.15, 0.2) is 53.0 Å². The first-order chi connectivity index (χ1) is 11.6. The van der Waals surface area contributed by atoms with E-state index >= 15 is 0 Å². The molecule has 0 radical (unpaired) electrons. The van der Waals surface area contributed by atoms with Gasteiger partial charge in [-0.3, -0.25) is 4.79 Å². The average Bonchev–Trinajstić information content (AvgIpc) is 2.61. The van der Waals surface area contributed by atoms with Crippen LogP contribution in [0.1, 0.15) is 35.7 Å². The summed E-state index contributed by atoms with van der Waals surface area (Å²) in [6, 6.07) is 15.6. The van der Waals surface area contributed by atoms with E-state index in [1.165, 1.54) is 0 Å². The summed E-state index contributed by atoms with van der Waals surface area (Å²) in [4.78, 5) is 14.6. The summed E-state index contributed by atoms with van der Waals surface area (Å²) < 4.78 is 6.66. The highest BCUT2D eigenvalue weighted by Crippen LogP contribution is 2.28. The molecule has 126 valence electrons. The summed E-state index contributed by atoms with van der Waals surface area (Å²) in [7, 11) is 0. The number of hydrogen-bond acceptors (Lipinski definition) is 2. The highest BCUT2D eigenvalue weighted by atomic mass is 79.9. The fourth-order valence-electron chi connectivity index (χ4n) is 2.88. The van der Waals surface area contributed by atoms with Crippen LogP contribution in [0.4, 0.5) is 0 Å². The average molecular weight is 388 g/mol. The van der Waals surface area contributed by atoms with Gasteiger partial charge in [-0.25, -0.2) is 0 Å². The van der Waals surface area contributed by atoms with Gasteiger partial charge < -0.3 is 9.64 Å². The van der Waals surface area contributed by atoms with Crippen LogP contribution < -0.4 is 4.74 Å². The summed E-state index contributed by atoms with van der Waals surface area (Å²) in [5, 5.41) is 0. The second-order valence-electron chi connectivity index (χ2n) is 6.39. The van der Waals surface area contributed by atoms with Gasteiger partial charge in [0, 0.05) is 18.7 Å². The van der Waals surface area contributed by atoms with E-state index in [9.17, 15) is 4.79 Å². The van der Waals surface area contributed by atoms with Crippen molar-refractivity contribution in [1.82, 2.24) is 4.90 Å². The summed E-state index contributed by atoms with van der Waals surface area (Å²) in [6.07, 6.45) is 2.18. The van der Waals surface area contributed by atoms with Crippen molar-refractivity contribution >= 4 is 21.8 Å². The predicted octanol–water partition coefficient (Wildman–Crippen LogP) is 4.90. The highest BCUT2D eigenvalue weighted by molar-refractivity contribution is 9.10. The first kappa shape index (κ1) is 17.0. The maximum absolute atomic E-state index is 12.6. The second-order valence-corrected chi connectivity index (χ2v) is 7.25. The van der Waals surface area contributed by atoms with Crippen molar-refractivity contribution in [3.63, 3.8) is 0 Å². The third-order valence-electron chi connectivity index (χ3n) is 4.49. The Morgan fingerprint density at radius 3 is 2.54 bits per heavy atom. The molecule has 0 aliphatic carbocycles. The third kappa shape index (κ3) is 4.18. The molecule has 3 nitrogen and oxygen atoms in total. The molecular weight excluding hydrogens is 366 g/mol. The Kier molecular flexibility index (Phi) is 5.56. The van der Waals surface area contributed by atoms with E-state index < -0.39 is 0 Å². The molecule has 4 heteroatoms. The number of ether oxygens (including phenoxy) is 1. The van der Waals surface area contributed by atoms with Crippen LogP contribution in [0.3, 0.4) is 0 Å². The van der Waals surface area contributed by atoms with Crippen molar-refractivity contribution in [2.45, 2.75) is 26.4 Å². The van der Waals surface area contributed by atoms with Crippen LogP contribution in [0.2, 0.25) is 0 Å². The molecule has 1 amide bonds. The van der Waals surface area contributed by atoms with Crippen LogP contribution >= 0.6 is 15.9 Å². The molecule has 0 bridgehead atoms. The Labute approximate surface area is 151 Å². The van der Waals surface area contributed by atoms with Crippen molar-refractivity contribution < 1.29 is 9.53 Å². The lowest BCUT2D eigenvalue weighted by molar-refractivity contribution is 0.0697. The number of rotatable bonds is 4. The summed E-state index contributed by atoms with van der Waals surface area (Å²) >= 11 is 3.53. The Hall–Kier alpha value is -1.81. The molecule has 1 saturated heterocycles. The van der Waals surface area contributed by atoms with Crippen molar-refractivity contribution in [3.05, 3.63) is 64.1 Å². The minimum absolute atomic E-state index is 0.109. The molecular formula is C20H22BrNO2. The maximum atomic E-state index is 12.6. The van der Waals surface area contributed by atoms with Crippen LogP contribution in [0.25, 0.3) is 0 Å². The topological polar surface area (TPSA) is 29.5 Å². The van der Waals surface area contributed by atoms with E-state index in [1.807, 2.05) is 53.4 Å². The number of amides is 1. The normalized spacial score (nSPS) is 15.3. The van der Waals surface area contributed by atoms with Crippen LogP contribution in [0, 0.1) is 5.92 Å². The van der Waals surface area contributed by atoms with Crippen molar-refractivity contribution in [2.24, 2.45) is 5.92 Å². The zero-order valence-corrected chi connectivity index (χ0v) is 15.5. The number of likely N-dealkylation sites (tertiary alicyclic amines) is 1.